The molecule has 1 fully saturated rings. The zero-order valence-electron chi connectivity index (χ0n) is 12.9. The Bertz CT molecular complexity index is 433. The first kappa shape index (κ1) is 15.1. The van der Waals surface area contributed by atoms with Crippen molar-refractivity contribution in [3.05, 3.63) is 42.0 Å². The average Bonchev–Trinajstić information content (AvgIpc) is 2.44. The van der Waals surface area contributed by atoms with E-state index < -0.39 is 0 Å². The van der Waals surface area contributed by atoms with Crippen molar-refractivity contribution < 1.29 is 4.74 Å². The Labute approximate surface area is 123 Å². The number of allylic oxidation sites excluding steroid dienone is 1. The first-order valence-corrected chi connectivity index (χ1v) is 7.74. The Balaban J connectivity index is 1.83. The largest absolute Gasteiger partial charge is 0.492 e. The van der Waals surface area contributed by atoms with Crippen LogP contribution in [0.5, 0.6) is 5.75 Å². The second kappa shape index (κ2) is 7.49. The molecule has 0 amide bonds. The first-order valence-electron chi connectivity index (χ1n) is 7.74. The number of hydrogen-bond acceptors (Lipinski definition) is 2. The molecular weight excluding hydrogens is 246 g/mol. The summed E-state index contributed by atoms with van der Waals surface area (Å²) in [5, 5.41) is 0. The van der Waals surface area contributed by atoms with Crippen LogP contribution in [0.1, 0.15) is 30.9 Å². The van der Waals surface area contributed by atoms with Gasteiger partial charge in [0.2, 0.25) is 0 Å². The van der Waals surface area contributed by atoms with Crippen LogP contribution in [0.4, 0.5) is 0 Å². The van der Waals surface area contributed by atoms with E-state index in [4.69, 9.17) is 4.74 Å². The Morgan fingerprint density at radius 1 is 1.35 bits per heavy atom. The molecule has 0 unspecified atom stereocenters. The molecule has 0 saturated carbocycles. The lowest BCUT2D eigenvalue weighted by Crippen LogP contribution is -2.35. The molecule has 0 N–H and O–H groups in total. The van der Waals surface area contributed by atoms with Gasteiger partial charge in [-0.2, -0.15) is 0 Å². The third-order valence-corrected chi connectivity index (χ3v) is 4.12. The van der Waals surface area contributed by atoms with Crippen LogP contribution in [0.2, 0.25) is 0 Å². The second-order valence-electron chi connectivity index (χ2n) is 5.98. The fraction of sp³-hybridized carbons (Fsp3) is 0.556. The predicted molar refractivity (Wildman–Crippen MR) is 85.4 cm³/mol. The third-order valence-electron chi connectivity index (χ3n) is 4.12. The van der Waals surface area contributed by atoms with Crippen LogP contribution in [-0.2, 0) is 6.42 Å². The molecule has 0 aliphatic carbocycles. The third kappa shape index (κ3) is 4.38. The zero-order valence-corrected chi connectivity index (χ0v) is 12.9. The SMILES string of the molecule is C=CCc1cc(C)ccc1OCCN1CCC(C)CC1. The predicted octanol–water partition coefficient (Wildman–Crippen LogP) is 3.83. The molecule has 1 aliphatic rings. The van der Waals surface area contributed by atoms with Crippen molar-refractivity contribution in [3.8, 4) is 5.75 Å². The lowest BCUT2D eigenvalue weighted by atomic mass is 9.99. The number of ether oxygens (including phenoxy) is 1. The number of likely N-dealkylation sites (tertiary alicyclic amines) is 1. The summed E-state index contributed by atoms with van der Waals surface area (Å²) >= 11 is 0. The van der Waals surface area contributed by atoms with E-state index in [1.54, 1.807) is 0 Å². The molecule has 0 spiro atoms. The highest BCUT2D eigenvalue weighted by molar-refractivity contribution is 5.38. The Morgan fingerprint density at radius 2 is 2.10 bits per heavy atom. The van der Waals surface area contributed by atoms with Gasteiger partial charge < -0.3 is 4.74 Å². The molecule has 1 aliphatic heterocycles. The molecule has 2 heteroatoms. The summed E-state index contributed by atoms with van der Waals surface area (Å²) in [7, 11) is 0. The van der Waals surface area contributed by atoms with Crippen LogP contribution in [0.3, 0.4) is 0 Å². The van der Waals surface area contributed by atoms with Crippen LogP contribution in [0, 0.1) is 12.8 Å². The maximum absolute atomic E-state index is 5.98. The van der Waals surface area contributed by atoms with Crippen LogP contribution in [0.15, 0.2) is 30.9 Å². The van der Waals surface area contributed by atoms with Gasteiger partial charge in [-0.15, -0.1) is 6.58 Å². The number of hydrogen-bond donors (Lipinski definition) is 0. The van der Waals surface area contributed by atoms with E-state index >= 15 is 0 Å². The van der Waals surface area contributed by atoms with Crippen LogP contribution < -0.4 is 4.74 Å². The standard InChI is InChI=1S/C18H27NO/c1-4-5-17-14-16(3)6-7-18(17)20-13-12-19-10-8-15(2)9-11-19/h4,6-7,14-15H,1,5,8-13H2,2-3H3. The summed E-state index contributed by atoms with van der Waals surface area (Å²) in [5.74, 6) is 1.91. The van der Waals surface area contributed by atoms with E-state index in [0.717, 1.165) is 31.2 Å². The Morgan fingerprint density at radius 3 is 2.80 bits per heavy atom. The van der Waals surface area contributed by atoms with Gasteiger partial charge in [0.25, 0.3) is 0 Å². The van der Waals surface area contributed by atoms with Gasteiger partial charge in [0.15, 0.2) is 0 Å². The maximum atomic E-state index is 5.98. The van der Waals surface area contributed by atoms with Crippen molar-refractivity contribution in [2.24, 2.45) is 5.92 Å². The molecule has 2 rings (SSSR count). The Hall–Kier alpha value is -1.28. The second-order valence-corrected chi connectivity index (χ2v) is 5.98. The van der Waals surface area contributed by atoms with Crippen molar-refractivity contribution in [3.63, 3.8) is 0 Å². The number of aryl methyl sites for hydroxylation is 1. The molecule has 1 aromatic rings. The lowest BCUT2D eigenvalue weighted by molar-refractivity contribution is 0.160. The summed E-state index contributed by atoms with van der Waals surface area (Å²) in [4.78, 5) is 2.52. The number of nitrogens with zero attached hydrogens (tertiary/aromatic N) is 1. The fourth-order valence-corrected chi connectivity index (χ4v) is 2.73. The molecule has 0 radical (unpaired) electrons. The molecular formula is C18H27NO. The summed E-state index contributed by atoms with van der Waals surface area (Å²) in [5.41, 5.74) is 2.52. The van der Waals surface area contributed by atoms with E-state index in [9.17, 15) is 0 Å². The van der Waals surface area contributed by atoms with Crippen molar-refractivity contribution in [2.75, 3.05) is 26.2 Å². The van der Waals surface area contributed by atoms with Gasteiger partial charge in [0, 0.05) is 6.54 Å². The zero-order chi connectivity index (χ0) is 14.4. The molecule has 1 heterocycles. The minimum atomic E-state index is 0.779. The Kier molecular flexibility index (Phi) is 5.66. The summed E-state index contributed by atoms with van der Waals surface area (Å²) < 4.78 is 5.98. The molecule has 110 valence electrons. The minimum Gasteiger partial charge on any atom is -0.492 e. The van der Waals surface area contributed by atoms with Crippen LogP contribution >= 0.6 is 0 Å². The van der Waals surface area contributed by atoms with Crippen molar-refractivity contribution >= 4 is 0 Å². The number of benzene rings is 1. The van der Waals surface area contributed by atoms with Gasteiger partial charge >= 0.3 is 0 Å². The normalized spacial score (nSPS) is 17.1. The molecule has 20 heavy (non-hydrogen) atoms. The minimum absolute atomic E-state index is 0.779. The van der Waals surface area contributed by atoms with E-state index in [0.29, 0.717) is 0 Å². The molecule has 1 aromatic carbocycles. The monoisotopic (exact) mass is 273 g/mol. The van der Waals surface area contributed by atoms with Gasteiger partial charge in [-0.3, -0.25) is 4.90 Å². The molecule has 0 aromatic heterocycles. The average molecular weight is 273 g/mol. The molecule has 1 saturated heterocycles. The van der Waals surface area contributed by atoms with Gasteiger partial charge in [-0.25, -0.2) is 0 Å². The van der Waals surface area contributed by atoms with Crippen LogP contribution in [-0.4, -0.2) is 31.1 Å². The summed E-state index contributed by atoms with van der Waals surface area (Å²) in [6.07, 6.45) is 5.46. The van der Waals surface area contributed by atoms with Crippen molar-refractivity contribution in [1.82, 2.24) is 4.90 Å². The highest BCUT2D eigenvalue weighted by Crippen LogP contribution is 2.21. The first-order chi connectivity index (χ1) is 9.69. The highest BCUT2D eigenvalue weighted by atomic mass is 16.5. The van der Waals surface area contributed by atoms with Gasteiger partial charge in [-0.1, -0.05) is 30.7 Å². The topological polar surface area (TPSA) is 12.5 Å². The highest BCUT2D eigenvalue weighted by Gasteiger charge is 2.15. The van der Waals surface area contributed by atoms with E-state index in [2.05, 4.69) is 43.5 Å². The fourth-order valence-electron chi connectivity index (χ4n) is 2.73. The quantitative estimate of drug-likeness (QED) is 0.730. The van der Waals surface area contributed by atoms with E-state index in [1.807, 2.05) is 6.08 Å². The smallest absolute Gasteiger partial charge is 0.122 e. The van der Waals surface area contributed by atoms with Crippen molar-refractivity contribution in [1.29, 1.82) is 0 Å². The van der Waals surface area contributed by atoms with E-state index in [-0.39, 0.29) is 0 Å². The van der Waals surface area contributed by atoms with Gasteiger partial charge in [0.1, 0.15) is 12.4 Å². The number of piperidine rings is 1. The maximum Gasteiger partial charge on any atom is 0.122 e. The lowest BCUT2D eigenvalue weighted by Gasteiger charge is -2.30. The van der Waals surface area contributed by atoms with Gasteiger partial charge in [0.05, 0.1) is 0 Å². The van der Waals surface area contributed by atoms with Gasteiger partial charge in [-0.05, 0) is 56.8 Å². The molecule has 2 nitrogen and oxygen atoms in total. The van der Waals surface area contributed by atoms with E-state index in [1.165, 1.54) is 37.1 Å². The molecule has 0 bridgehead atoms. The summed E-state index contributed by atoms with van der Waals surface area (Å²) in [6, 6.07) is 6.40. The molecule has 0 atom stereocenters. The van der Waals surface area contributed by atoms with Crippen molar-refractivity contribution in [2.45, 2.75) is 33.1 Å². The van der Waals surface area contributed by atoms with Crippen LogP contribution in [0.25, 0.3) is 0 Å². The number of rotatable bonds is 6. The summed E-state index contributed by atoms with van der Waals surface area (Å²) in [6.45, 7) is 12.5.